The highest BCUT2D eigenvalue weighted by molar-refractivity contribution is 6.25. The van der Waals surface area contributed by atoms with Crippen LogP contribution in [0.25, 0.3) is 0 Å². The maximum Gasteiger partial charge on any atom is 0.168 e. The molecule has 0 bridgehead atoms. The molecule has 0 saturated heterocycles. The summed E-state index contributed by atoms with van der Waals surface area (Å²) in [5.74, 6) is 0. The topological polar surface area (TPSA) is 34.9 Å². The molecule has 0 aromatic carbocycles. The zero-order valence-electron chi connectivity index (χ0n) is 6.70. The zero-order valence-corrected chi connectivity index (χ0v) is 7.45. The average molecular weight is 185 g/mol. The summed E-state index contributed by atoms with van der Waals surface area (Å²) < 4.78 is 1.60. The summed E-state index contributed by atoms with van der Waals surface area (Å²) in [5, 5.41) is 4.00. The van der Waals surface area contributed by atoms with Gasteiger partial charge in [0.2, 0.25) is 0 Å². The number of nitrogens with zero attached hydrogens (tertiary/aromatic N) is 2. The van der Waals surface area contributed by atoms with Gasteiger partial charge in [-0.25, -0.2) is 0 Å². The first-order valence-corrected chi connectivity index (χ1v) is 3.96. The number of aldehydes is 1. The molecular weight excluding hydrogens is 176 g/mol. The lowest BCUT2D eigenvalue weighted by atomic mass is 10.3. The summed E-state index contributed by atoms with van der Waals surface area (Å²) in [5.41, 5.74) is 2.89. The van der Waals surface area contributed by atoms with Crippen molar-refractivity contribution in [1.82, 2.24) is 9.78 Å². The number of halogens is 1. The Labute approximate surface area is 75.6 Å². The van der Waals surface area contributed by atoms with E-state index >= 15 is 0 Å². The van der Waals surface area contributed by atoms with E-state index in [0.29, 0.717) is 12.2 Å². The lowest BCUT2D eigenvalue weighted by Gasteiger charge is -1.97. The molecule has 0 fully saturated rings. The van der Waals surface area contributed by atoms with Crippen LogP contribution in [0.4, 0.5) is 0 Å². The summed E-state index contributed by atoms with van der Waals surface area (Å²) in [6, 6.07) is 0. The van der Waals surface area contributed by atoms with E-state index in [2.05, 4.69) is 5.10 Å². The Morgan fingerprint density at radius 2 is 2.50 bits per heavy atom. The van der Waals surface area contributed by atoms with Crippen molar-refractivity contribution in [1.29, 1.82) is 0 Å². The Hall–Kier alpha value is -1.09. The number of carbonyl (C=O) groups excluding carboxylic acids is 1. The first-order valence-electron chi connectivity index (χ1n) is 3.52. The minimum Gasteiger partial charge on any atom is -0.296 e. The quantitative estimate of drug-likeness (QED) is 0.671. The maximum atomic E-state index is 10.6. The predicted molar refractivity (Wildman–Crippen MR) is 47.3 cm³/mol. The van der Waals surface area contributed by atoms with E-state index in [9.17, 15) is 4.79 Å². The van der Waals surface area contributed by atoms with Crippen LogP contribution in [0.2, 0.25) is 0 Å². The van der Waals surface area contributed by atoms with Gasteiger partial charge in [-0.15, -0.1) is 0 Å². The van der Waals surface area contributed by atoms with E-state index < -0.39 is 0 Å². The SMILES string of the molecule is Cc1cnn(CC=CCl)c1C=O. The molecule has 0 unspecified atom stereocenters. The molecule has 0 aliphatic rings. The van der Waals surface area contributed by atoms with Crippen LogP contribution in [0.3, 0.4) is 0 Å². The van der Waals surface area contributed by atoms with Gasteiger partial charge < -0.3 is 0 Å². The van der Waals surface area contributed by atoms with E-state index in [0.717, 1.165) is 11.8 Å². The van der Waals surface area contributed by atoms with Gasteiger partial charge in [0.25, 0.3) is 0 Å². The molecule has 64 valence electrons. The van der Waals surface area contributed by atoms with Gasteiger partial charge in [0.05, 0.1) is 12.7 Å². The molecule has 1 heterocycles. The van der Waals surface area contributed by atoms with Crippen LogP contribution in [0, 0.1) is 6.92 Å². The molecule has 0 aliphatic heterocycles. The number of aryl methyl sites for hydroxylation is 1. The van der Waals surface area contributed by atoms with Gasteiger partial charge in [-0.05, 0) is 12.5 Å². The van der Waals surface area contributed by atoms with Gasteiger partial charge in [0.15, 0.2) is 6.29 Å². The van der Waals surface area contributed by atoms with Crippen molar-refractivity contribution in [2.75, 3.05) is 0 Å². The molecule has 0 amide bonds. The second-order valence-corrected chi connectivity index (χ2v) is 2.63. The Balaban J connectivity index is 2.91. The van der Waals surface area contributed by atoms with Gasteiger partial charge in [-0.3, -0.25) is 9.48 Å². The molecule has 0 atom stereocenters. The molecule has 0 aliphatic carbocycles. The summed E-state index contributed by atoms with van der Waals surface area (Å²) in [6.45, 7) is 2.38. The molecule has 0 N–H and O–H groups in total. The molecule has 0 radical (unpaired) electrons. The predicted octanol–water partition coefficient (Wildman–Crippen LogP) is 1.76. The summed E-state index contributed by atoms with van der Waals surface area (Å²) in [6.07, 6.45) is 4.18. The maximum absolute atomic E-state index is 10.6. The van der Waals surface area contributed by atoms with E-state index in [1.54, 1.807) is 17.0 Å². The third-order valence-electron chi connectivity index (χ3n) is 1.55. The second kappa shape index (κ2) is 4.07. The van der Waals surface area contributed by atoms with Crippen molar-refractivity contribution in [3.63, 3.8) is 0 Å². The first-order chi connectivity index (χ1) is 5.79. The van der Waals surface area contributed by atoms with E-state index in [1.165, 1.54) is 5.54 Å². The fraction of sp³-hybridized carbons (Fsp3) is 0.250. The highest BCUT2D eigenvalue weighted by Gasteiger charge is 2.03. The lowest BCUT2D eigenvalue weighted by Crippen LogP contribution is -2.02. The van der Waals surface area contributed by atoms with Crippen LogP contribution in [0.1, 0.15) is 16.1 Å². The Kier molecular flexibility index (Phi) is 3.05. The largest absolute Gasteiger partial charge is 0.296 e. The molecule has 4 heteroatoms. The van der Waals surface area contributed by atoms with Gasteiger partial charge in [-0.2, -0.15) is 5.10 Å². The van der Waals surface area contributed by atoms with Gasteiger partial charge in [0.1, 0.15) is 5.69 Å². The van der Waals surface area contributed by atoms with Crippen LogP contribution >= 0.6 is 11.6 Å². The van der Waals surface area contributed by atoms with Gasteiger partial charge in [-0.1, -0.05) is 17.7 Å². The Bertz CT molecular complexity index is 304. The zero-order chi connectivity index (χ0) is 8.97. The van der Waals surface area contributed by atoms with Crippen molar-refractivity contribution < 1.29 is 4.79 Å². The highest BCUT2D eigenvalue weighted by Crippen LogP contribution is 2.03. The first kappa shape index (κ1) is 9.00. The second-order valence-electron chi connectivity index (χ2n) is 2.37. The van der Waals surface area contributed by atoms with Crippen LogP contribution in [-0.2, 0) is 6.54 Å². The van der Waals surface area contributed by atoms with Crippen LogP contribution in [-0.4, -0.2) is 16.1 Å². The minimum atomic E-state index is 0.533. The number of hydrogen-bond donors (Lipinski definition) is 0. The molecule has 1 rings (SSSR count). The number of rotatable bonds is 3. The lowest BCUT2D eigenvalue weighted by molar-refractivity contribution is 0.111. The fourth-order valence-electron chi connectivity index (χ4n) is 0.927. The molecule has 0 spiro atoms. The number of allylic oxidation sites excluding steroid dienone is 1. The third kappa shape index (κ3) is 1.74. The third-order valence-corrected chi connectivity index (χ3v) is 1.73. The van der Waals surface area contributed by atoms with Crippen molar-refractivity contribution in [3.8, 4) is 0 Å². The van der Waals surface area contributed by atoms with Crippen molar-refractivity contribution in [2.45, 2.75) is 13.5 Å². The fourth-order valence-corrected chi connectivity index (χ4v) is 1.01. The minimum absolute atomic E-state index is 0.533. The van der Waals surface area contributed by atoms with E-state index in [4.69, 9.17) is 11.6 Å². The van der Waals surface area contributed by atoms with Gasteiger partial charge >= 0.3 is 0 Å². The Morgan fingerprint density at radius 3 is 3.08 bits per heavy atom. The summed E-state index contributed by atoms with van der Waals surface area (Å²) >= 11 is 5.34. The number of aromatic nitrogens is 2. The van der Waals surface area contributed by atoms with Gasteiger partial charge in [0, 0.05) is 5.54 Å². The van der Waals surface area contributed by atoms with Crippen molar-refractivity contribution >= 4 is 17.9 Å². The average Bonchev–Trinajstić information content (AvgIpc) is 2.43. The summed E-state index contributed by atoms with van der Waals surface area (Å²) in [7, 11) is 0. The summed E-state index contributed by atoms with van der Waals surface area (Å²) in [4.78, 5) is 10.6. The normalized spacial score (nSPS) is 10.8. The number of hydrogen-bond acceptors (Lipinski definition) is 2. The Morgan fingerprint density at radius 1 is 1.75 bits per heavy atom. The highest BCUT2D eigenvalue weighted by atomic mass is 35.5. The van der Waals surface area contributed by atoms with Crippen LogP contribution in [0.15, 0.2) is 17.8 Å². The molecule has 12 heavy (non-hydrogen) atoms. The number of carbonyl (C=O) groups is 1. The standard InChI is InChI=1S/C8H9ClN2O/c1-7-5-10-11(4-2-3-9)8(7)6-12/h2-3,5-6H,4H2,1H3. The molecular formula is C8H9ClN2O. The van der Waals surface area contributed by atoms with E-state index in [-0.39, 0.29) is 0 Å². The molecule has 1 aromatic heterocycles. The van der Waals surface area contributed by atoms with Crippen LogP contribution < -0.4 is 0 Å². The smallest absolute Gasteiger partial charge is 0.168 e. The van der Waals surface area contributed by atoms with E-state index in [1.807, 2.05) is 6.92 Å². The molecule has 1 aromatic rings. The molecule has 3 nitrogen and oxygen atoms in total. The van der Waals surface area contributed by atoms with Crippen LogP contribution in [0.5, 0.6) is 0 Å². The molecule has 0 saturated carbocycles. The van der Waals surface area contributed by atoms with Crippen molar-refractivity contribution in [3.05, 3.63) is 29.1 Å². The monoisotopic (exact) mass is 184 g/mol. The van der Waals surface area contributed by atoms with Crippen molar-refractivity contribution in [2.24, 2.45) is 0 Å².